The zero-order valence-electron chi connectivity index (χ0n) is 19.9. The molecule has 0 saturated heterocycles. The molecule has 0 unspecified atom stereocenters. The van der Waals surface area contributed by atoms with E-state index in [4.69, 9.17) is 0 Å². The molecule has 2 aromatic rings. The molecular formula is C28H41N2O2+. The van der Waals surface area contributed by atoms with Crippen LogP contribution in [-0.2, 0) is 6.54 Å². The van der Waals surface area contributed by atoms with E-state index in [0.29, 0.717) is 17.7 Å². The molecule has 0 fully saturated rings. The van der Waals surface area contributed by atoms with Crippen LogP contribution in [-0.4, -0.2) is 16.6 Å². The average molecular weight is 438 g/mol. The van der Waals surface area contributed by atoms with Crippen molar-refractivity contribution in [3.8, 4) is 0 Å². The Morgan fingerprint density at radius 1 is 0.750 bits per heavy atom. The van der Waals surface area contributed by atoms with Crippen LogP contribution in [0, 0.1) is 0 Å². The zero-order chi connectivity index (χ0) is 22.9. The second-order valence-corrected chi connectivity index (χ2v) is 8.79. The van der Waals surface area contributed by atoms with E-state index < -0.39 is 0 Å². The third-order valence-electron chi connectivity index (χ3n) is 6.04. The predicted octanol–water partition coefficient (Wildman–Crippen LogP) is 6.92. The highest BCUT2D eigenvalue weighted by molar-refractivity contribution is 5.95. The molecule has 4 heteroatoms. The SMILES string of the molecule is CCCCCCCCCCCCCCCC(=O)c1cncc[n+]1CC(=O)c1ccccc1. The third kappa shape index (κ3) is 10.3. The van der Waals surface area contributed by atoms with Gasteiger partial charge < -0.3 is 0 Å². The summed E-state index contributed by atoms with van der Waals surface area (Å²) in [4.78, 5) is 29.3. The van der Waals surface area contributed by atoms with Crippen LogP contribution in [0.1, 0.15) is 118 Å². The highest BCUT2D eigenvalue weighted by atomic mass is 16.1. The molecule has 32 heavy (non-hydrogen) atoms. The van der Waals surface area contributed by atoms with Gasteiger partial charge in [-0.2, -0.15) is 4.57 Å². The van der Waals surface area contributed by atoms with E-state index in [1.165, 1.54) is 70.6 Å². The Kier molecular flexibility index (Phi) is 13.2. The van der Waals surface area contributed by atoms with Gasteiger partial charge in [-0.3, -0.25) is 14.6 Å². The molecule has 0 aliphatic heterocycles. The molecule has 0 aliphatic carbocycles. The lowest BCUT2D eigenvalue weighted by molar-refractivity contribution is -0.685. The summed E-state index contributed by atoms with van der Waals surface area (Å²) in [5, 5.41) is 0. The van der Waals surface area contributed by atoms with Crippen molar-refractivity contribution in [2.45, 2.75) is 103 Å². The van der Waals surface area contributed by atoms with Crippen molar-refractivity contribution in [3.05, 3.63) is 60.2 Å². The number of unbranched alkanes of at least 4 members (excludes halogenated alkanes) is 12. The molecule has 0 spiro atoms. The van der Waals surface area contributed by atoms with Gasteiger partial charge in [-0.25, -0.2) is 0 Å². The largest absolute Gasteiger partial charge is 0.287 e. The van der Waals surface area contributed by atoms with Crippen LogP contribution in [0.3, 0.4) is 0 Å². The van der Waals surface area contributed by atoms with E-state index in [1.54, 1.807) is 35.3 Å². The Morgan fingerprint density at radius 2 is 1.31 bits per heavy atom. The molecule has 1 heterocycles. The standard InChI is InChI=1S/C28H41N2O2/c1-2-3-4-5-6-7-8-9-10-11-12-13-17-20-27(31)26-23-29-21-22-30(26)24-28(32)25-18-15-14-16-19-25/h14-16,18-19,21-23H,2-13,17,20,24H2,1H3/q+1. The Labute approximate surface area is 194 Å². The number of hydrogen-bond acceptors (Lipinski definition) is 3. The lowest BCUT2D eigenvalue weighted by Crippen LogP contribution is -2.43. The minimum absolute atomic E-state index is 0.00295. The maximum absolute atomic E-state index is 12.7. The maximum atomic E-state index is 12.7. The zero-order valence-corrected chi connectivity index (χ0v) is 19.9. The van der Waals surface area contributed by atoms with Gasteiger partial charge in [-0.15, -0.1) is 0 Å². The summed E-state index contributed by atoms with van der Waals surface area (Å²) in [5.41, 5.74) is 1.18. The van der Waals surface area contributed by atoms with Crippen molar-refractivity contribution in [2.24, 2.45) is 0 Å². The maximum Gasteiger partial charge on any atom is 0.267 e. The number of carbonyl (C=O) groups is 2. The molecule has 2 rings (SSSR count). The number of rotatable bonds is 18. The summed E-state index contributed by atoms with van der Waals surface area (Å²) < 4.78 is 1.73. The fraction of sp³-hybridized carbons (Fsp3) is 0.571. The van der Waals surface area contributed by atoms with Crippen molar-refractivity contribution >= 4 is 11.6 Å². The van der Waals surface area contributed by atoms with Crippen molar-refractivity contribution in [1.82, 2.24) is 4.98 Å². The number of ketones is 2. The summed E-state index contributed by atoms with van der Waals surface area (Å²) in [7, 11) is 0. The second-order valence-electron chi connectivity index (χ2n) is 8.79. The van der Waals surface area contributed by atoms with Crippen LogP contribution in [0.2, 0.25) is 0 Å². The molecule has 0 amide bonds. The van der Waals surface area contributed by atoms with Crippen molar-refractivity contribution in [2.75, 3.05) is 0 Å². The number of aromatic nitrogens is 2. The summed E-state index contributed by atoms with van der Waals surface area (Å²) in [6, 6.07) is 9.20. The average Bonchev–Trinajstić information content (AvgIpc) is 2.82. The molecule has 0 bridgehead atoms. The van der Waals surface area contributed by atoms with Gasteiger partial charge >= 0.3 is 0 Å². The first-order valence-corrected chi connectivity index (χ1v) is 12.7. The number of benzene rings is 1. The van der Waals surface area contributed by atoms with Crippen molar-refractivity contribution in [1.29, 1.82) is 0 Å². The normalized spacial score (nSPS) is 10.9. The fourth-order valence-electron chi connectivity index (χ4n) is 4.06. The van der Waals surface area contributed by atoms with Gasteiger partial charge in [0.05, 0.1) is 6.20 Å². The lowest BCUT2D eigenvalue weighted by Gasteiger charge is -2.04. The first-order chi connectivity index (χ1) is 15.7. The van der Waals surface area contributed by atoms with Crippen molar-refractivity contribution < 1.29 is 14.2 Å². The van der Waals surface area contributed by atoms with Gasteiger partial charge in [0, 0.05) is 12.0 Å². The van der Waals surface area contributed by atoms with E-state index in [-0.39, 0.29) is 18.1 Å². The van der Waals surface area contributed by atoms with Gasteiger partial charge in [-0.1, -0.05) is 114 Å². The van der Waals surface area contributed by atoms with E-state index in [2.05, 4.69) is 11.9 Å². The van der Waals surface area contributed by atoms with Crippen LogP contribution in [0.15, 0.2) is 48.9 Å². The minimum Gasteiger partial charge on any atom is -0.287 e. The van der Waals surface area contributed by atoms with Gasteiger partial charge in [0.2, 0.25) is 18.1 Å². The molecule has 0 saturated carbocycles. The molecule has 0 N–H and O–H groups in total. The molecule has 1 aromatic carbocycles. The van der Waals surface area contributed by atoms with Crippen molar-refractivity contribution in [3.63, 3.8) is 0 Å². The Morgan fingerprint density at radius 3 is 1.91 bits per heavy atom. The Hall–Kier alpha value is -2.36. The summed E-state index contributed by atoms with van der Waals surface area (Å²) in [6.07, 6.45) is 22.2. The van der Waals surface area contributed by atoms with E-state index in [0.717, 1.165) is 12.8 Å². The Bertz CT molecular complexity index is 789. The van der Waals surface area contributed by atoms with Crippen LogP contribution in [0.25, 0.3) is 0 Å². The Balaban J connectivity index is 1.60. The fourth-order valence-corrected chi connectivity index (χ4v) is 4.06. The highest BCUT2D eigenvalue weighted by Crippen LogP contribution is 2.13. The minimum atomic E-state index is -0.00295. The van der Waals surface area contributed by atoms with Crippen LogP contribution >= 0.6 is 0 Å². The molecule has 4 nitrogen and oxygen atoms in total. The number of nitrogens with zero attached hydrogens (tertiary/aromatic N) is 2. The van der Waals surface area contributed by atoms with Crippen LogP contribution in [0.4, 0.5) is 0 Å². The van der Waals surface area contributed by atoms with Gasteiger partial charge in [0.1, 0.15) is 6.20 Å². The molecule has 1 aromatic heterocycles. The first-order valence-electron chi connectivity index (χ1n) is 12.7. The quantitative estimate of drug-likeness (QED) is 0.144. The molecule has 0 atom stereocenters. The van der Waals surface area contributed by atoms with Gasteiger partial charge in [0.25, 0.3) is 5.69 Å². The topological polar surface area (TPSA) is 50.9 Å². The predicted molar refractivity (Wildman–Crippen MR) is 130 cm³/mol. The molecule has 0 aliphatic rings. The lowest BCUT2D eigenvalue weighted by atomic mass is 10.0. The highest BCUT2D eigenvalue weighted by Gasteiger charge is 2.21. The molecular weight excluding hydrogens is 396 g/mol. The van der Waals surface area contributed by atoms with E-state index >= 15 is 0 Å². The van der Waals surface area contributed by atoms with E-state index in [1.807, 2.05) is 18.2 Å². The molecule has 0 radical (unpaired) electrons. The number of Topliss-reactive ketones (excluding diaryl/α,β-unsaturated/α-hetero) is 2. The van der Waals surface area contributed by atoms with Crippen LogP contribution < -0.4 is 4.57 Å². The number of hydrogen-bond donors (Lipinski definition) is 0. The monoisotopic (exact) mass is 437 g/mol. The summed E-state index contributed by atoms with van der Waals surface area (Å²) in [6.45, 7) is 2.42. The van der Waals surface area contributed by atoms with Crippen LogP contribution in [0.5, 0.6) is 0 Å². The van der Waals surface area contributed by atoms with E-state index in [9.17, 15) is 9.59 Å². The summed E-state index contributed by atoms with van der Waals surface area (Å²) in [5.74, 6) is 0.0684. The summed E-state index contributed by atoms with van der Waals surface area (Å²) >= 11 is 0. The number of carbonyl (C=O) groups excluding carboxylic acids is 2. The smallest absolute Gasteiger partial charge is 0.267 e. The molecule has 174 valence electrons. The van der Waals surface area contributed by atoms with Gasteiger partial charge in [-0.05, 0) is 6.42 Å². The first kappa shape index (κ1) is 25.9. The van der Waals surface area contributed by atoms with Gasteiger partial charge in [0.15, 0.2) is 6.20 Å². The third-order valence-corrected chi connectivity index (χ3v) is 6.04. The second kappa shape index (κ2) is 16.3.